The van der Waals surface area contributed by atoms with Gasteiger partial charge in [0.2, 0.25) is 0 Å². The largest absolute Gasteiger partial charge is 0.371 e. The molecule has 0 saturated carbocycles. The van der Waals surface area contributed by atoms with Gasteiger partial charge in [0.15, 0.2) is 0 Å². The van der Waals surface area contributed by atoms with Gasteiger partial charge in [-0.3, -0.25) is 4.79 Å². The molecule has 3 rings (SSSR count). The van der Waals surface area contributed by atoms with Crippen LogP contribution in [0.1, 0.15) is 94.1 Å². The van der Waals surface area contributed by atoms with Gasteiger partial charge in [-0.1, -0.05) is 45.9 Å². The standard InChI is InChI=1S/C29H42N4O2/c1-7-32(8-2)28(34)25-19-22(15-16-26(25)33-17-10-9-11-18-33)30-29(35)31-27-23(20(3)4)13-12-14-24(27)21(5)6/h12-16,19-21H,7-11,17-18H2,1-6H3,(H2,30,31,35). The number of carbonyl (C=O) groups excluding carboxylic acids is 2. The van der Waals surface area contributed by atoms with Gasteiger partial charge in [0.1, 0.15) is 0 Å². The van der Waals surface area contributed by atoms with Crippen LogP contribution in [0.3, 0.4) is 0 Å². The zero-order valence-electron chi connectivity index (χ0n) is 22.3. The molecule has 2 aromatic rings. The maximum atomic E-state index is 13.4. The maximum Gasteiger partial charge on any atom is 0.323 e. The summed E-state index contributed by atoms with van der Waals surface area (Å²) in [4.78, 5) is 30.7. The molecule has 0 aromatic heterocycles. The van der Waals surface area contributed by atoms with Crippen molar-refractivity contribution in [3.8, 4) is 0 Å². The number of anilines is 3. The van der Waals surface area contributed by atoms with E-state index in [1.165, 1.54) is 6.42 Å². The van der Waals surface area contributed by atoms with Gasteiger partial charge < -0.3 is 20.4 Å². The number of carbonyl (C=O) groups is 2. The minimum absolute atomic E-state index is 0.00637. The van der Waals surface area contributed by atoms with Gasteiger partial charge >= 0.3 is 6.03 Å². The summed E-state index contributed by atoms with van der Waals surface area (Å²) in [7, 11) is 0. The molecule has 0 unspecified atom stereocenters. The lowest BCUT2D eigenvalue weighted by molar-refractivity contribution is 0.0773. The van der Waals surface area contributed by atoms with Crippen molar-refractivity contribution < 1.29 is 9.59 Å². The van der Waals surface area contributed by atoms with E-state index in [0.29, 0.717) is 24.3 Å². The van der Waals surface area contributed by atoms with E-state index in [0.717, 1.165) is 48.4 Å². The number of hydrogen-bond acceptors (Lipinski definition) is 3. The van der Waals surface area contributed by atoms with Crippen molar-refractivity contribution in [3.63, 3.8) is 0 Å². The Balaban J connectivity index is 1.90. The molecule has 2 N–H and O–H groups in total. The van der Waals surface area contributed by atoms with Gasteiger partial charge in [-0.2, -0.15) is 0 Å². The number of nitrogens with zero attached hydrogens (tertiary/aromatic N) is 2. The predicted octanol–water partition coefficient (Wildman–Crippen LogP) is 7.05. The quantitative estimate of drug-likeness (QED) is 0.427. The Kier molecular flexibility index (Phi) is 9.19. The first-order valence-corrected chi connectivity index (χ1v) is 13.2. The first-order valence-electron chi connectivity index (χ1n) is 13.2. The Labute approximate surface area is 211 Å². The molecule has 6 heteroatoms. The lowest BCUT2D eigenvalue weighted by Gasteiger charge is -2.31. The molecular formula is C29H42N4O2. The molecule has 6 nitrogen and oxygen atoms in total. The van der Waals surface area contributed by atoms with Gasteiger partial charge in [0, 0.05) is 43.2 Å². The van der Waals surface area contributed by atoms with Gasteiger partial charge in [-0.05, 0) is 74.3 Å². The zero-order valence-corrected chi connectivity index (χ0v) is 22.3. The third-order valence-corrected chi connectivity index (χ3v) is 6.84. The average Bonchev–Trinajstić information content (AvgIpc) is 2.85. The second kappa shape index (κ2) is 12.1. The van der Waals surface area contributed by atoms with Gasteiger partial charge in [0.05, 0.1) is 5.56 Å². The number of urea groups is 1. The molecule has 1 saturated heterocycles. The summed E-state index contributed by atoms with van der Waals surface area (Å²) in [6, 6.07) is 11.6. The highest BCUT2D eigenvalue weighted by atomic mass is 16.2. The number of amides is 3. The smallest absolute Gasteiger partial charge is 0.323 e. The number of nitrogens with one attached hydrogen (secondary N) is 2. The Morgan fingerprint density at radius 3 is 2.03 bits per heavy atom. The number of para-hydroxylation sites is 1. The summed E-state index contributed by atoms with van der Waals surface area (Å²) in [5, 5.41) is 6.09. The van der Waals surface area contributed by atoms with Crippen molar-refractivity contribution in [1.29, 1.82) is 0 Å². The van der Waals surface area contributed by atoms with Crippen LogP contribution in [-0.2, 0) is 0 Å². The SMILES string of the molecule is CCN(CC)C(=O)c1cc(NC(=O)Nc2c(C(C)C)cccc2C(C)C)ccc1N1CCCCC1. The normalized spacial score (nSPS) is 13.8. The summed E-state index contributed by atoms with van der Waals surface area (Å²) < 4.78 is 0. The molecule has 0 aliphatic carbocycles. The lowest BCUT2D eigenvalue weighted by atomic mass is 9.93. The number of hydrogen-bond donors (Lipinski definition) is 2. The number of benzene rings is 2. The highest BCUT2D eigenvalue weighted by molar-refractivity contribution is 6.04. The van der Waals surface area contributed by atoms with Crippen molar-refractivity contribution >= 4 is 29.0 Å². The van der Waals surface area contributed by atoms with Crippen LogP contribution >= 0.6 is 0 Å². The topological polar surface area (TPSA) is 64.7 Å². The Bertz CT molecular complexity index is 995. The van der Waals surface area contributed by atoms with Crippen LogP contribution in [0.5, 0.6) is 0 Å². The van der Waals surface area contributed by atoms with E-state index in [1.807, 2.05) is 36.9 Å². The number of rotatable bonds is 8. The third kappa shape index (κ3) is 6.36. The van der Waals surface area contributed by atoms with E-state index < -0.39 is 0 Å². The summed E-state index contributed by atoms with van der Waals surface area (Å²) >= 11 is 0. The molecule has 3 amide bonds. The molecule has 190 valence electrons. The molecule has 1 heterocycles. The fraction of sp³-hybridized carbons (Fsp3) is 0.517. The molecule has 0 bridgehead atoms. The fourth-order valence-electron chi connectivity index (χ4n) is 4.85. The van der Waals surface area contributed by atoms with Crippen LogP contribution in [0.2, 0.25) is 0 Å². The van der Waals surface area contributed by atoms with E-state index in [9.17, 15) is 9.59 Å². The summed E-state index contributed by atoms with van der Waals surface area (Å²) in [5.74, 6) is 0.573. The Hall–Kier alpha value is -3.02. The molecule has 0 radical (unpaired) electrons. The number of piperidine rings is 1. The van der Waals surface area contributed by atoms with Crippen LogP contribution in [-0.4, -0.2) is 43.0 Å². The highest BCUT2D eigenvalue weighted by Crippen LogP contribution is 2.33. The van der Waals surface area contributed by atoms with Crippen LogP contribution in [0.4, 0.5) is 21.9 Å². The highest BCUT2D eigenvalue weighted by Gasteiger charge is 2.23. The molecule has 1 aliphatic heterocycles. The van der Waals surface area contributed by atoms with Gasteiger partial charge in [-0.15, -0.1) is 0 Å². The van der Waals surface area contributed by atoms with Crippen molar-refractivity contribution in [2.24, 2.45) is 0 Å². The van der Waals surface area contributed by atoms with E-state index in [1.54, 1.807) is 0 Å². The maximum absolute atomic E-state index is 13.4. The van der Waals surface area contributed by atoms with Crippen LogP contribution in [0.15, 0.2) is 36.4 Å². The molecule has 0 atom stereocenters. The minimum Gasteiger partial charge on any atom is -0.371 e. The first-order chi connectivity index (χ1) is 16.8. The third-order valence-electron chi connectivity index (χ3n) is 6.84. The van der Waals surface area contributed by atoms with E-state index in [2.05, 4.69) is 61.4 Å². The molecule has 2 aromatic carbocycles. The second-order valence-corrected chi connectivity index (χ2v) is 9.96. The van der Waals surface area contributed by atoms with E-state index in [-0.39, 0.29) is 23.8 Å². The van der Waals surface area contributed by atoms with Gasteiger partial charge in [-0.25, -0.2) is 4.79 Å². The van der Waals surface area contributed by atoms with E-state index in [4.69, 9.17) is 0 Å². The van der Waals surface area contributed by atoms with Crippen molar-refractivity contribution in [2.75, 3.05) is 41.7 Å². The predicted molar refractivity (Wildman–Crippen MR) is 147 cm³/mol. The van der Waals surface area contributed by atoms with Crippen molar-refractivity contribution in [2.45, 2.75) is 72.6 Å². The van der Waals surface area contributed by atoms with Gasteiger partial charge in [0.25, 0.3) is 5.91 Å². The van der Waals surface area contributed by atoms with Crippen LogP contribution in [0.25, 0.3) is 0 Å². The van der Waals surface area contributed by atoms with Crippen molar-refractivity contribution in [1.82, 2.24) is 4.90 Å². The van der Waals surface area contributed by atoms with Crippen molar-refractivity contribution in [3.05, 3.63) is 53.1 Å². The van der Waals surface area contributed by atoms with Crippen LogP contribution < -0.4 is 15.5 Å². The second-order valence-electron chi connectivity index (χ2n) is 9.96. The molecule has 1 fully saturated rings. The first kappa shape index (κ1) is 26.6. The molecule has 35 heavy (non-hydrogen) atoms. The Morgan fingerprint density at radius 2 is 1.49 bits per heavy atom. The summed E-state index contributed by atoms with van der Waals surface area (Å²) in [6.45, 7) is 15.7. The minimum atomic E-state index is -0.299. The fourth-order valence-corrected chi connectivity index (χ4v) is 4.85. The molecule has 0 spiro atoms. The Morgan fingerprint density at radius 1 is 0.886 bits per heavy atom. The van der Waals surface area contributed by atoms with E-state index >= 15 is 0 Å². The monoisotopic (exact) mass is 478 g/mol. The summed E-state index contributed by atoms with van der Waals surface area (Å²) in [6.07, 6.45) is 3.50. The zero-order chi connectivity index (χ0) is 25.5. The summed E-state index contributed by atoms with van der Waals surface area (Å²) in [5.41, 5.74) is 5.33. The van der Waals surface area contributed by atoms with Crippen LogP contribution in [0, 0.1) is 0 Å². The molecule has 1 aliphatic rings. The molecular weight excluding hydrogens is 436 g/mol. The average molecular weight is 479 g/mol. The lowest BCUT2D eigenvalue weighted by Crippen LogP contribution is -2.35.